The average molecular weight is 440 g/mol. The first-order valence-corrected chi connectivity index (χ1v) is 9.71. The summed E-state index contributed by atoms with van der Waals surface area (Å²) in [5.41, 5.74) is 8.40. The number of hydrogen-bond donors (Lipinski definition) is 4. The van der Waals surface area contributed by atoms with Crippen molar-refractivity contribution in [2.24, 2.45) is 15.9 Å². The van der Waals surface area contributed by atoms with Crippen LogP contribution in [0.5, 0.6) is 17.2 Å². The molecule has 0 saturated carbocycles. The van der Waals surface area contributed by atoms with Gasteiger partial charge in [-0.1, -0.05) is 17.7 Å². The lowest BCUT2D eigenvalue weighted by Crippen LogP contribution is -2.27. The number of aryl methyl sites for hydroxylation is 1. The predicted molar refractivity (Wildman–Crippen MR) is 111 cm³/mol. The van der Waals surface area contributed by atoms with E-state index in [1.165, 1.54) is 32.6 Å². The second-order valence-corrected chi connectivity index (χ2v) is 7.00. The Bertz CT molecular complexity index is 965. The van der Waals surface area contributed by atoms with Crippen LogP contribution in [0.1, 0.15) is 11.1 Å². The molecular weight excluding hydrogens is 416 g/mol. The summed E-state index contributed by atoms with van der Waals surface area (Å²) in [6.45, 7) is 1.84. The molecule has 2 rings (SSSR count). The summed E-state index contributed by atoms with van der Waals surface area (Å²) in [7, 11) is 0.547. The molecule has 0 fully saturated rings. The van der Waals surface area contributed by atoms with Crippen LogP contribution in [-0.2, 0) is 10.1 Å². The fourth-order valence-electron chi connectivity index (χ4n) is 2.04. The number of guanidine groups is 1. The predicted octanol–water partition coefficient (Wildman–Crippen LogP) is 1.58. The summed E-state index contributed by atoms with van der Waals surface area (Å²) >= 11 is 0. The van der Waals surface area contributed by atoms with Crippen LogP contribution in [0.4, 0.5) is 0 Å². The summed E-state index contributed by atoms with van der Waals surface area (Å²) in [6, 6.07) is 9.35. The van der Waals surface area contributed by atoms with Gasteiger partial charge in [-0.05, 0) is 19.1 Å². The standard InChI is InChI=1S/C11H16N4O4.C7H8O3S/c1-17-7-4-9(18-2)8(10(5-7)19-3)6-13-14-11(12)15-16;1-6-2-4-7(5-3-6)11(8,9)10/h4-6,16H,1-3H3,(H3,12,14,15);2-5H,1H3,(H,8,9,10)/b13-6+;. The zero-order valence-electron chi connectivity index (χ0n) is 16.9. The third kappa shape index (κ3) is 7.58. The van der Waals surface area contributed by atoms with Crippen molar-refractivity contribution in [3.8, 4) is 17.2 Å². The second kappa shape index (κ2) is 11.6. The normalized spacial score (nSPS) is 11.5. The maximum Gasteiger partial charge on any atom is 0.294 e. The van der Waals surface area contributed by atoms with Crippen molar-refractivity contribution in [1.82, 2.24) is 5.48 Å². The Morgan fingerprint density at radius 2 is 1.60 bits per heavy atom. The minimum absolute atomic E-state index is 0.0666. The van der Waals surface area contributed by atoms with E-state index in [9.17, 15) is 8.42 Å². The van der Waals surface area contributed by atoms with E-state index in [1.54, 1.807) is 36.9 Å². The Morgan fingerprint density at radius 3 is 2.00 bits per heavy atom. The minimum Gasteiger partial charge on any atom is -0.496 e. The largest absolute Gasteiger partial charge is 0.496 e. The summed E-state index contributed by atoms with van der Waals surface area (Å²) in [4.78, 5) is -0.0666. The number of rotatable bonds is 6. The van der Waals surface area contributed by atoms with Gasteiger partial charge in [0.2, 0.25) is 5.96 Å². The summed E-state index contributed by atoms with van der Waals surface area (Å²) in [6.07, 6.45) is 1.39. The maximum atomic E-state index is 10.5. The molecule has 2 aromatic rings. The van der Waals surface area contributed by atoms with Crippen molar-refractivity contribution in [2.45, 2.75) is 11.8 Å². The first-order valence-electron chi connectivity index (χ1n) is 8.27. The Morgan fingerprint density at radius 1 is 1.07 bits per heavy atom. The third-order valence-electron chi connectivity index (χ3n) is 3.54. The number of hydroxylamine groups is 1. The van der Waals surface area contributed by atoms with E-state index in [2.05, 4.69) is 10.2 Å². The highest BCUT2D eigenvalue weighted by Gasteiger charge is 2.11. The molecule has 164 valence electrons. The molecule has 0 radical (unpaired) electrons. The van der Waals surface area contributed by atoms with E-state index in [4.69, 9.17) is 29.7 Å². The van der Waals surface area contributed by atoms with Crippen LogP contribution >= 0.6 is 0 Å². The molecule has 12 heteroatoms. The van der Waals surface area contributed by atoms with Gasteiger partial charge in [-0.15, -0.1) is 5.10 Å². The van der Waals surface area contributed by atoms with Crippen molar-refractivity contribution in [3.63, 3.8) is 0 Å². The fraction of sp³-hybridized carbons (Fsp3) is 0.222. The summed E-state index contributed by atoms with van der Waals surface area (Å²) < 4.78 is 45.1. The van der Waals surface area contributed by atoms with E-state index < -0.39 is 10.1 Å². The van der Waals surface area contributed by atoms with Gasteiger partial charge >= 0.3 is 0 Å². The molecule has 0 unspecified atom stereocenters. The van der Waals surface area contributed by atoms with Gasteiger partial charge in [0, 0.05) is 12.1 Å². The van der Waals surface area contributed by atoms with E-state index in [0.717, 1.165) is 5.56 Å². The molecule has 0 amide bonds. The number of nitrogens with zero attached hydrogens (tertiary/aromatic N) is 2. The monoisotopic (exact) mass is 440 g/mol. The number of benzene rings is 2. The van der Waals surface area contributed by atoms with Crippen molar-refractivity contribution in [1.29, 1.82) is 0 Å². The van der Waals surface area contributed by atoms with Gasteiger partial charge in [-0.25, -0.2) is 5.48 Å². The highest BCUT2D eigenvalue weighted by atomic mass is 32.2. The Labute approximate surface area is 174 Å². The van der Waals surface area contributed by atoms with Crippen molar-refractivity contribution in [2.75, 3.05) is 21.3 Å². The molecular formula is C18H24N4O7S. The van der Waals surface area contributed by atoms with Gasteiger partial charge in [-0.2, -0.15) is 13.5 Å². The van der Waals surface area contributed by atoms with Crippen LogP contribution < -0.4 is 25.4 Å². The number of nitrogens with two attached hydrogens (primary N) is 1. The number of nitrogens with one attached hydrogen (secondary N) is 1. The van der Waals surface area contributed by atoms with Gasteiger partial charge in [0.25, 0.3) is 10.1 Å². The van der Waals surface area contributed by atoms with Crippen LogP contribution in [0.2, 0.25) is 0 Å². The van der Waals surface area contributed by atoms with Crippen molar-refractivity contribution >= 4 is 22.3 Å². The highest BCUT2D eigenvalue weighted by molar-refractivity contribution is 7.85. The molecule has 0 saturated heterocycles. The smallest absolute Gasteiger partial charge is 0.294 e. The summed E-state index contributed by atoms with van der Waals surface area (Å²) in [5.74, 6) is 1.37. The van der Waals surface area contributed by atoms with Gasteiger partial charge in [0.05, 0.1) is 38.0 Å². The van der Waals surface area contributed by atoms with Gasteiger partial charge in [-0.3, -0.25) is 9.76 Å². The molecule has 0 bridgehead atoms. The fourth-order valence-corrected chi connectivity index (χ4v) is 2.52. The van der Waals surface area contributed by atoms with Gasteiger partial charge in [0.15, 0.2) is 0 Å². The maximum absolute atomic E-state index is 10.5. The quantitative estimate of drug-likeness (QED) is 0.226. The second-order valence-electron chi connectivity index (χ2n) is 5.58. The van der Waals surface area contributed by atoms with Gasteiger partial charge < -0.3 is 19.9 Å². The van der Waals surface area contributed by atoms with E-state index in [-0.39, 0.29) is 10.9 Å². The molecule has 0 spiro atoms. The van der Waals surface area contributed by atoms with Crippen LogP contribution in [0.3, 0.4) is 0 Å². The molecule has 0 atom stereocenters. The molecule has 30 heavy (non-hydrogen) atoms. The van der Waals surface area contributed by atoms with Crippen LogP contribution in [0.25, 0.3) is 0 Å². The Balaban J connectivity index is 0.000000346. The highest BCUT2D eigenvalue weighted by Crippen LogP contribution is 2.32. The molecule has 2 aromatic carbocycles. The number of ether oxygens (including phenoxy) is 3. The molecule has 0 heterocycles. The zero-order valence-corrected chi connectivity index (χ0v) is 17.7. The van der Waals surface area contributed by atoms with Crippen molar-refractivity contribution in [3.05, 3.63) is 47.5 Å². The first kappa shape index (κ1) is 24.7. The molecule has 5 N–H and O–H groups in total. The lowest BCUT2D eigenvalue weighted by Gasteiger charge is -2.11. The third-order valence-corrected chi connectivity index (χ3v) is 4.41. The molecule has 0 aromatic heterocycles. The molecule has 0 aliphatic carbocycles. The topological polar surface area (TPSA) is 165 Å². The SMILES string of the molecule is COc1cc(OC)c(/C=N/N=C(\N)NO)c(OC)c1.Cc1ccc(S(=O)(=O)O)cc1. The molecule has 0 aliphatic rings. The lowest BCUT2D eigenvalue weighted by molar-refractivity contribution is 0.232. The van der Waals surface area contributed by atoms with Crippen LogP contribution in [0, 0.1) is 6.92 Å². The van der Waals surface area contributed by atoms with E-state index >= 15 is 0 Å². The Hall–Kier alpha value is -3.35. The van der Waals surface area contributed by atoms with E-state index in [1.807, 2.05) is 6.92 Å². The Kier molecular flexibility index (Phi) is 9.55. The summed E-state index contributed by atoms with van der Waals surface area (Å²) in [5, 5.41) is 15.6. The zero-order chi connectivity index (χ0) is 22.7. The van der Waals surface area contributed by atoms with Crippen LogP contribution in [0.15, 0.2) is 51.5 Å². The molecule has 0 aliphatic heterocycles. The average Bonchev–Trinajstić information content (AvgIpc) is 2.73. The lowest BCUT2D eigenvalue weighted by atomic mass is 10.2. The molecule has 11 nitrogen and oxygen atoms in total. The number of hydrogen-bond acceptors (Lipinski definition) is 8. The van der Waals surface area contributed by atoms with Crippen molar-refractivity contribution < 1.29 is 32.4 Å². The minimum atomic E-state index is -4.02. The first-order chi connectivity index (χ1) is 14.2. The van der Waals surface area contributed by atoms with Crippen LogP contribution in [-0.4, -0.2) is 51.7 Å². The van der Waals surface area contributed by atoms with E-state index in [0.29, 0.717) is 22.8 Å². The van der Waals surface area contributed by atoms with Gasteiger partial charge in [0.1, 0.15) is 17.2 Å². The number of methoxy groups -OCH3 is 3.